The molecule has 1 heterocycles. The van der Waals surface area contributed by atoms with Crippen LogP contribution in [0.4, 0.5) is 0 Å². The van der Waals surface area contributed by atoms with Gasteiger partial charge in [-0.3, -0.25) is 0 Å². The Morgan fingerprint density at radius 2 is 2.11 bits per heavy atom. The van der Waals surface area contributed by atoms with Crippen LogP contribution in [-0.2, 0) is 12.0 Å². The first-order valence-electron chi connectivity index (χ1n) is 6.59. The number of aromatic carboxylic acids is 1. The van der Waals surface area contributed by atoms with Gasteiger partial charge in [-0.25, -0.2) is 9.78 Å². The third-order valence-electron chi connectivity index (χ3n) is 3.55. The van der Waals surface area contributed by atoms with Crippen molar-refractivity contribution < 1.29 is 9.90 Å². The van der Waals surface area contributed by atoms with Crippen molar-refractivity contribution in [1.29, 1.82) is 0 Å². The quantitative estimate of drug-likeness (QED) is 0.880. The van der Waals surface area contributed by atoms with Crippen LogP contribution in [0.25, 0.3) is 0 Å². The third kappa shape index (κ3) is 2.57. The largest absolute Gasteiger partial charge is 0.477 e. The lowest BCUT2D eigenvalue weighted by Crippen LogP contribution is -2.38. The first-order chi connectivity index (χ1) is 8.57. The van der Waals surface area contributed by atoms with Crippen LogP contribution < -0.4 is 5.73 Å². The number of hydrogen-bond donors (Lipinski definition) is 2. The Labute approximate surface area is 111 Å². The third-order valence-corrected chi connectivity index (χ3v) is 4.86. The number of thiazole rings is 1. The fraction of sp³-hybridized carbons (Fsp3) is 0.692. The summed E-state index contributed by atoms with van der Waals surface area (Å²) < 4.78 is 0. The van der Waals surface area contributed by atoms with Crippen LogP contribution in [-0.4, -0.2) is 16.1 Å². The number of nitrogens with zero attached hydrogens (tertiary/aromatic N) is 1. The number of carboxylic acids is 1. The highest BCUT2D eigenvalue weighted by molar-refractivity contribution is 7.13. The monoisotopic (exact) mass is 268 g/mol. The summed E-state index contributed by atoms with van der Waals surface area (Å²) in [6, 6.07) is 0. The SMILES string of the molecule is CCCc1nc(C2(N)CCCCC2)sc1C(=O)O. The lowest BCUT2D eigenvalue weighted by Gasteiger charge is -2.31. The summed E-state index contributed by atoms with van der Waals surface area (Å²) in [4.78, 5) is 16.1. The maximum atomic E-state index is 11.2. The molecule has 18 heavy (non-hydrogen) atoms. The van der Waals surface area contributed by atoms with Gasteiger partial charge in [0.1, 0.15) is 9.88 Å². The van der Waals surface area contributed by atoms with Crippen molar-refractivity contribution >= 4 is 17.3 Å². The molecule has 1 fully saturated rings. The normalized spacial score (nSPS) is 18.8. The Balaban J connectivity index is 2.33. The highest BCUT2D eigenvalue weighted by atomic mass is 32.1. The zero-order valence-electron chi connectivity index (χ0n) is 10.7. The molecule has 5 heteroatoms. The number of nitrogens with two attached hydrogens (primary N) is 1. The summed E-state index contributed by atoms with van der Waals surface area (Å²) in [7, 11) is 0. The summed E-state index contributed by atoms with van der Waals surface area (Å²) >= 11 is 1.28. The van der Waals surface area contributed by atoms with Crippen LogP contribution in [0.3, 0.4) is 0 Å². The molecule has 2 rings (SSSR count). The number of carboxylic acid groups (broad SMARTS) is 1. The molecule has 1 aromatic rings. The van der Waals surface area contributed by atoms with E-state index < -0.39 is 5.97 Å². The van der Waals surface area contributed by atoms with Crippen molar-refractivity contribution in [3.63, 3.8) is 0 Å². The molecule has 3 N–H and O–H groups in total. The van der Waals surface area contributed by atoms with Crippen LogP contribution in [0.15, 0.2) is 0 Å². The molecule has 0 bridgehead atoms. The van der Waals surface area contributed by atoms with Gasteiger partial charge in [0.2, 0.25) is 0 Å². The summed E-state index contributed by atoms with van der Waals surface area (Å²) in [5.41, 5.74) is 6.73. The van der Waals surface area contributed by atoms with Gasteiger partial charge < -0.3 is 10.8 Å². The Kier molecular flexibility index (Phi) is 4.02. The second-order valence-corrected chi connectivity index (χ2v) is 6.07. The van der Waals surface area contributed by atoms with Gasteiger partial charge in [-0.1, -0.05) is 32.6 Å². The predicted octanol–water partition coefficient (Wildman–Crippen LogP) is 2.91. The first kappa shape index (κ1) is 13.5. The van der Waals surface area contributed by atoms with Crippen molar-refractivity contribution in [3.8, 4) is 0 Å². The van der Waals surface area contributed by atoms with Gasteiger partial charge in [-0.15, -0.1) is 11.3 Å². The van der Waals surface area contributed by atoms with Crippen LogP contribution in [0.1, 0.15) is 65.8 Å². The minimum atomic E-state index is -0.874. The molecule has 0 amide bonds. The number of hydrogen-bond acceptors (Lipinski definition) is 4. The number of carbonyl (C=O) groups is 1. The summed E-state index contributed by atoms with van der Waals surface area (Å²) in [5, 5.41) is 10.0. The zero-order chi connectivity index (χ0) is 13.2. The van der Waals surface area contributed by atoms with E-state index in [2.05, 4.69) is 4.98 Å². The van der Waals surface area contributed by atoms with E-state index in [1.54, 1.807) is 0 Å². The highest BCUT2D eigenvalue weighted by Gasteiger charge is 2.34. The standard InChI is InChI=1S/C13H20N2O2S/c1-2-6-9-10(11(16)17)18-12(15-9)13(14)7-4-3-5-8-13/h2-8,14H2,1H3,(H,16,17). The molecule has 1 aliphatic rings. The van der Waals surface area contributed by atoms with Crippen molar-refractivity contribution in [2.75, 3.05) is 0 Å². The van der Waals surface area contributed by atoms with Crippen LogP contribution in [0.5, 0.6) is 0 Å². The molecular formula is C13H20N2O2S. The Bertz CT molecular complexity index is 436. The van der Waals surface area contributed by atoms with Crippen molar-refractivity contribution in [2.24, 2.45) is 5.73 Å². The molecule has 0 aromatic carbocycles. The molecule has 0 aliphatic heterocycles. The fourth-order valence-electron chi connectivity index (χ4n) is 2.53. The summed E-state index contributed by atoms with van der Waals surface area (Å²) in [5.74, 6) is -0.874. The molecule has 0 unspecified atom stereocenters. The van der Waals surface area contributed by atoms with Gasteiger partial charge in [0.05, 0.1) is 11.2 Å². The van der Waals surface area contributed by atoms with Gasteiger partial charge in [-0.05, 0) is 19.3 Å². The van der Waals surface area contributed by atoms with Crippen LogP contribution in [0.2, 0.25) is 0 Å². The van der Waals surface area contributed by atoms with Crippen molar-refractivity contribution in [1.82, 2.24) is 4.98 Å². The maximum absolute atomic E-state index is 11.2. The average Bonchev–Trinajstić information content (AvgIpc) is 2.75. The van der Waals surface area contributed by atoms with Crippen LogP contribution >= 0.6 is 11.3 Å². The summed E-state index contributed by atoms with van der Waals surface area (Å²) in [6.45, 7) is 2.03. The molecule has 1 aromatic heterocycles. The smallest absolute Gasteiger partial charge is 0.347 e. The molecule has 4 nitrogen and oxygen atoms in total. The molecule has 1 saturated carbocycles. The van der Waals surface area contributed by atoms with Crippen molar-refractivity contribution in [2.45, 2.75) is 57.4 Å². The minimum Gasteiger partial charge on any atom is -0.477 e. The minimum absolute atomic E-state index is 0.377. The summed E-state index contributed by atoms with van der Waals surface area (Å²) in [6.07, 6.45) is 6.91. The maximum Gasteiger partial charge on any atom is 0.347 e. The van der Waals surface area contributed by atoms with E-state index in [-0.39, 0.29) is 5.54 Å². The van der Waals surface area contributed by atoms with E-state index in [4.69, 9.17) is 5.73 Å². The molecular weight excluding hydrogens is 248 g/mol. The van der Waals surface area contributed by atoms with Gasteiger partial charge in [0.15, 0.2) is 0 Å². The Morgan fingerprint density at radius 1 is 1.44 bits per heavy atom. The molecule has 1 aliphatic carbocycles. The van der Waals surface area contributed by atoms with Gasteiger partial charge in [0.25, 0.3) is 0 Å². The number of aryl methyl sites for hydroxylation is 1. The van der Waals surface area contributed by atoms with E-state index in [1.165, 1.54) is 17.8 Å². The zero-order valence-corrected chi connectivity index (χ0v) is 11.6. The van der Waals surface area contributed by atoms with Gasteiger partial charge >= 0.3 is 5.97 Å². The molecule has 0 saturated heterocycles. The fourth-order valence-corrected chi connectivity index (χ4v) is 3.64. The van der Waals surface area contributed by atoms with Gasteiger partial charge in [0, 0.05) is 0 Å². The molecule has 0 radical (unpaired) electrons. The number of aromatic nitrogens is 1. The molecule has 0 atom stereocenters. The molecule has 0 spiro atoms. The van der Waals surface area contributed by atoms with E-state index in [0.29, 0.717) is 17.0 Å². The molecule has 100 valence electrons. The lowest BCUT2D eigenvalue weighted by atomic mass is 9.83. The highest BCUT2D eigenvalue weighted by Crippen LogP contribution is 2.37. The lowest BCUT2D eigenvalue weighted by molar-refractivity contribution is 0.0700. The first-order valence-corrected chi connectivity index (χ1v) is 7.41. The Morgan fingerprint density at radius 3 is 2.67 bits per heavy atom. The van der Waals surface area contributed by atoms with E-state index >= 15 is 0 Å². The van der Waals surface area contributed by atoms with Crippen molar-refractivity contribution in [3.05, 3.63) is 15.6 Å². The second kappa shape index (κ2) is 5.36. The predicted molar refractivity (Wildman–Crippen MR) is 72.0 cm³/mol. The van der Waals surface area contributed by atoms with Crippen LogP contribution in [0, 0.1) is 0 Å². The number of rotatable bonds is 4. The van der Waals surface area contributed by atoms with E-state index in [9.17, 15) is 9.90 Å². The average molecular weight is 268 g/mol. The van der Waals surface area contributed by atoms with E-state index in [0.717, 1.165) is 37.1 Å². The second-order valence-electron chi connectivity index (χ2n) is 5.07. The van der Waals surface area contributed by atoms with E-state index in [1.807, 2.05) is 6.92 Å². The van der Waals surface area contributed by atoms with Gasteiger partial charge in [-0.2, -0.15) is 0 Å². The Hall–Kier alpha value is -0.940. The topological polar surface area (TPSA) is 76.2 Å².